The van der Waals surface area contributed by atoms with Gasteiger partial charge in [0.2, 0.25) is 5.91 Å². The van der Waals surface area contributed by atoms with Crippen LogP contribution < -0.4 is 0 Å². The smallest absolute Gasteiger partial charge is 0.380 e. The van der Waals surface area contributed by atoms with Crippen molar-refractivity contribution in [3.8, 4) is 0 Å². The van der Waals surface area contributed by atoms with Crippen molar-refractivity contribution >= 4 is 11.9 Å². The SMILES string of the molecule is CCOC(=O)C(F)(F)C1(O)CCCN(C(=O)C2(C)CCC2)CC1. The zero-order valence-electron chi connectivity index (χ0n) is 13.7. The summed E-state index contributed by atoms with van der Waals surface area (Å²) in [5, 5.41) is 10.4. The van der Waals surface area contributed by atoms with Crippen LogP contribution >= 0.6 is 0 Å². The van der Waals surface area contributed by atoms with Gasteiger partial charge in [-0.25, -0.2) is 4.79 Å². The lowest BCUT2D eigenvalue weighted by Crippen LogP contribution is -2.54. The maximum absolute atomic E-state index is 14.3. The molecule has 1 heterocycles. The molecule has 1 aliphatic heterocycles. The Balaban J connectivity index is 2.07. The van der Waals surface area contributed by atoms with Crippen LogP contribution in [0.4, 0.5) is 8.78 Å². The zero-order valence-corrected chi connectivity index (χ0v) is 13.7. The molecule has 0 spiro atoms. The highest BCUT2D eigenvalue weighted by molar-refractivity contribution is 5.83. The Labute approximate surface area is 135 Å². The maximum atomic E-state index is 14.3. The molecule has 1 saturated carbocycles. The second-order valence-electron chi connectivity index (χ2n) is 6.89. The van der Waals surface area contributed by atoms with Gasteiger partial charge in [-0.05, 0) is 32.6 Å². The van der Waals surface area contributed by atoms with E-state index >= 15 is 0 Å². The topological polar surface area (TPSA) is 66.8 Å². The van der Waals surface area contributed by atoms with E-state index in [0.717, 1.165) is 19.3 Å². The van der Waals surface area contributed by atoms with E-state index in [-0.39, 0.29) is 38.3 Å². The lowest BCUT2D eigenvalue weighted by atomic mass is 9.69. The van der Waals surface area contributed by atoms with Gasteiger partial charge >= 0.3 is 11.9 Å². The summed E-state index contributed by atoms with van der Waals surface area (Å²) in [5.41, 5.74) is -2.86. The Morgan fingerprint density at radius 2 is 1.83 bits per heavy atom. The second-order valence-corrected chi connectivity index (χ2v) is 6.89. The average Bonchev–Trinajstić information content (AvgIpc) is 2.67. The highest BCUT2D eigenvalue weighted by atomic mass is 19.3. The number of alkyl halides is 2. The van der Waals surface area contributed by atoms with Gasteiger partial charge in [-0.2, -0.15) is 8.78 Å². The molecule has 1 unspecified atom stereocenters. The van der Waals surface area contributed by atoms with Crippen molar-refractivity contribution in [2.75, 3.05) is 19.7 Å². The molecule has 2 aliphatic rings. The number of likely N-dealkylation sites (tertiary alicyclic amines) is 1. The van der Waals surface area contributed by atoms with Gasteiger partial charge in [0, 0.05) is 24.9 Å². The van der Waals surface area contributed by atoms with E-state index < -0.39 is 22.9 Å². The summed E-state index contributed by atoms with van der Waals surface area (Å²) >= 11 is 0. The summed E-state index contributed by atoms with van der Waals surface area (Å²) in [4.78, 5) is 25.6. The third-order valence-electron chi connectivity index (χ3n) is 5.19. The van der Waals surface area contributed by atoms with Gasteiger partial charge in [0.1, 0.15) is 5.60 Å². The van der Waals surface area contributed by atoms with Crippen molar-refractivity contribution in [2.45, 2.75) is 63.9 Å². The van der Waals surface area contributed by atoms with Crippen molar-refractivity contribution in [1.82, 2.24) is 4.90 Å². The minimum atomic E-state index is -3.97. The standard InChI is InChI=1S/C16H25F2NO4/c1-3-23-13(21)16(17,18)15(22)8-5-10-19(11-9-15)12(20)14(2)6-4-7-14/h22H,3-11H2,1-2H3. The molecule has 1 amide bonds. The van der Waals surface area contributed by atoms with Crippen LogP contribution in [-0.2, 0) is 14.3 Å². The van der Waals surface area contributed by atoms with E-state index in [1.54, 1.807) is 4.90 Å². The number of ether oxygens (including phenoxy) is 1. The number of nitrogens with zero attached hydrogens (tertiary/aromatic N) is 1. The van der Waals surface area contributed by atoms with Crippen LogP contribution in [0, 0.1) is 5.41 Å². The average molecular weight is 333 g/mol. The molecular formula is C16H25F2NO4. The molecule has 7 heteroatoms. The van der Waals surface area contributed by atoms with Crippen molar-refractivity contribution < 1.29 is 28.2 Å². The van der Waals surface area contributed by atoms with Crippen molar-refractivity contribution in [3.63, 3.8) is 0 Å². The number of esters is 1. The molecule has 2 rings (SSSR count). The third-order valence-corrected chi connectivity index (χ3v) is 5.19. The number of halogens is 2. The van der Waals surface area contributed by atoms with Crippen LogP contribution in [0.3, 0.4) is 0 Å². The number of amides is 1. The molecular weight excluding hydrogens is 308 g/mol. The molecule has 0 aromatic heterocycles. The molecule has 1 saturated heterocycles. The third kappa shape index (κ3) is 3.20. The van der Waals surface area contributed by atoms with Gasteiger partial charge < -0.3 is 14.7 Å². The van der Waals surface area contributed by atoms with E-state index in [4.69, 9.17) is 0 Å². The fraction of sp³-hybridized carbons (Fsp3) is 0.875. The molecule has 1 atom stereocenters. The monoisotopic (exact) mass is 333 g/mol. The molecule has 0 aromatic carbocycles. The highest BCUT2D eigenvalue weighted by Gasteiger charge is 2.59. The van der Waals surface area contributed by atoms with Gasteiger partial charge in [-0.15, -0.1) is 0 Å². The van der Waals surface area contributed by atoms with Gasteiger partial charge in [0.05, 0.1) is 6.61 Å². The number of rotatable bonds is 4. The first-order valence-electron chi connectivity index (χ1n) is 8.23. The fourth-order valence-corrected chi connectivity index (χ4v) is 3.35. The van der Waals surface area contributed by atoms with E-state index in [1.807, 2.05) is 6.92 Å². The van der Waals surface area contributed by atoms with Crippen LogP contribution in [0.1, 0.15) is 52.4 Å². The normalized spacial score (nSPS) is 27.8. The van der Waals surface area contributed by atoms with E-state index in [9.17, 15) is 23.5 Å². The Bertz CT molecular complexity index is 479. The van der Waals surface area contributed by atoms with Gasteiger partial charge in [0.15, 0.2) is 0 Å². The highest BCUT2D eigenvalue weighted by Crippen LogP contribution is 2.43. The quantitative estimate of drug-likeness (QED) is 0.800. The fourth-order valence-electron chi connectivity index (χ4n) is 3.35. The van der Waals surface area contributed by atoms with Crippen molar-refractivity contribution in [1.29, 1.82) is 0 Å². The summed E-state index contributed by atoms with van der Waals surface area (Å²) in [6.07, 6.45) is 2.28. The van der Waals surface area contributed by atoms with Crippen LogP contribution in [0.25, 0.3) is 0 Å². The lowest BCUT2D eigenvalue weighted by Gasteiger charge is -2.40. The molecule has 0 aromatic rings. The Morgan fingerprint density at radius 3 is 2.35 bits per heavy atom. The largest absolute Gasteiger partial charge is 0.461 e. The zero-order chi connectivity index (χ0) is 17.3. The maximum Gasteiger partial charge on any atom is 0.380 e. The van der Waals surface area contributed by atoms with Crippen molar-refractivity contribution in [2.24, 2.45) is 5.41 Å². The Kier molecular flexibility index (Phi) is 4.99. The van der Waals surface area contributed by atoms with Crippen LogP contribution in [-0.4, -0.2) is 53.1 Å². The summed E-state index contributed by atoms with van der Waals surface area (Å²) in [6, 6.07) is 0. The van der Waals surface area contributed by atoms with Gasteiger partial charge in [0.25, 0.3) is 0 Å². The molecule has 5 nitrogen and oxygen atoms in total. The first kappa shape index (κ1) is 18.1. The van der Waals surface area contributed by atoms with Gasteiger partial charge in [-0.3, -0.25) is 4.79 Å². The van der Waals surface area contributed by atoms with E-state index in [2.05, 4.69) is 4.74 Å². The molecule has 1 N–H and O–H groups in total. The first-order chi connectivity index (χ1) is 10.7. The Hall–Kier alpha value is -1.24. The lowest BCUT2D eigenvalue weighted by molar-refractivity contribution is -0.216. The predicted octanol–water partition coefficient (Wildman–Crippen LogP) is 2.12. The number of carbonyl (C=O) groups excluding carboxylic acids is 2. The molecule has 2 fully saturated rings. The summed E-state index contributed by atoms with van der Waals surface area (Å²) in [5.74, 6) is -5.71. The summed E-state index contributed by atoms with van der Waals surface area (Å²) < 4.78 is 32.9. The summed E-state index contributed by atoms with van der Waals surface area (Å²) in [7, 11) is 0. The predicted molar refractivity (Wildman–Crippen MR) is 78.9 cm³/mol. The molecule has 0 bridgehead atoms. The summed E-state index contributed by atoms with van der Waals surface area (Å²) in [6.45, 7) is 3.51. The second kappa shape index (κ2) is 6.34. The van der Waals surface area contributed by atoms with Crippen LogP contribution in [0.2, 0.25) is 0 Å². The first-order valence-corrected chi connectivity index (χ1v) is 8.23. The van der Waals surface area contributed by atoms with Gasteiger partial charge in [-0.1, -0.05) is 13.3 Å². The molecule has 132 valence electrons. The van der Waals surface area contributed by atoms with E-state index in [1.165, 1.54) is 6.92 Å². The number of hydrogen-bond acceptors (Lipinski definition) is 4. The van der Waals surface area contributed by atoms with E-state index in [0.29, 0.717) is 6.54 Å². The minimum absolute atomic E-state index is 0.0277. The minimum Gasteiger partial charge on any atom is -0.461 e. The number of carbonyl (C=O) groups is 2. The molecule has 1 aliphatic carbocycles. The van der Waals surface area contributed by atoms with Crippen LogP contribution in [0.15, 0.2) is 0 Å². The van der Waals surface area contributed by atoms with Crippen LogP contribution in [0.5, 0.6) is 0 Å². The molecule has 23 heavy (non-hydrogen) atoms. The Morgan fingerprint density at radius 1 is 1.17 bits per heavy atom. The number of hydrogen-bond donors (Lipinski definition) is 1. The number of aliphatic hydroxyl groups is 1. The molecule has 0 radical (unpaired) electrons. The van der Waals surface area contributed by atoms with Crippen molar-refractivity contribution in [3.05, 3.63) is 0 Å².